The van der Waals surface area contributed by atoms with Gasteiger partial charge in [0.05, 0.1) is 7.11 Å². The van der Waals surface area contributed by atoms with Crippen LogP contribution in [0.2, 0.25) is 0 Å². The van der Waals surface area contributed by atoms with E-state index in [1.54, 1.807) is 7.11 Å². The fourth-order valence-electron chi connectivity index (χ4n) is 2.41. The van der Waals surface area contributed by atoms with Crippen molar-refractivity contribution in [3.63, 3.8) is 0 Å². The van der Waals surface area contributed by atoms with E-state index in [2.05, 4.69) is 49.4 Å². The van der Waals surface area contributed by atoms with Crippen LogP contribution in [0.15, 0.2) is 54.6 Å². The van der Waals surface area contributed by atoms with Crippen LogP contribution in [0, 0.1) is 5.92 Å². The van der Waals surface area contributed by atoms with Crippen molar-refractivity contribution in [2.24, 2.45) is 5.92 Å². The molecule has 2 aromatic carbocycles. The molecule has 2 rings (SSSR count). The molecule has 0 amide bonds. The highest BCUT2D eigenvalue weighted by molar-refractivity contribution is 5.27. The molecule has 1 heteroatoms. The monoisotopic (exact) mass is 268 g/mol. The Bertz CT molecular complexity index is 487. The van der Waals surface area contributed by atoms with E-state index in [1.165, 1.54) is 30.4 Å². The Morgan fingerprint density at radius 2 is 1.35 bits per heavy atom. The highest BCUT2D eigenvalue weighted by Gasteiger charge is 2.04. The zero-order valence-corrected chi connectivity index (χ0v) is 12.5. The zero-order valence-electron chi connectivity index (χ0n) is 12.5. The predicted molar refractivity (Wildman–Crippen MR) is 85.2 cm³/mol. The van der Waals surface area contributed by atoms with E-state index in [0.717, 1.165) is 18.1 Å². The summed E-state index contributed by atoms with van der Waals surface area (Å²) in [5.74, 6) is 1.70. The molecule has 0 saturated heterocycles. The van der Waals surface area contributed by atoms with Crippen molar-refractivity contribution < 1.29 is 4.74 Å². The molecule has 2 aromatic rings. The highest BCUT2D eigenvalue weighted by atomic mass is 16.5. The van der Waals surface area contributed by atoms with Crippen LogP contribution in [0.4, 0.5) is 0 Å². The first-order valence-electron chi connectivity index (χ1n) is 7.45. The standard InChI is InChI=1S/C19H24O/c1-16(8-10-17-6-4-3-5-7-17)9-11-18-12-14-19(20-2)15-13-18/h3-7,12-16H,8-11H2,1-2H3/t16-/m1/s1. The Labute approximate surface area is 122 Å². The van der Waals surface area contributed by atoms with Crippen molar-refractivity contribution in [3.8, 4) is 5.75 Å². The first-order valence-corrected chi connectivity index (χ1v) is 7.45. The Morgan fingerprint density at radius 1 is 0.800 bits per heavy atom. The van der Waals surface area contributed by atoms with E-state index >= 15 is 0 Å². The van der Waals surface area contributed by atoms with Gasteiger partial charge in [0, 0.05) is 0 Å². The van der Waals surface area contributed by atoms with Gasteiger partial charge in [-0.25, -0.2) is 0 Å². The quantitative estimate of drug-likeness (QED) is 0.694. The molecule has 1 atom stereocenters. The minimum Gasteiger partial charge on any atom is -0.497 e. The number of aryl methyl sites for hydroxylation is 2. The van der Waals surface area contributed by atoms with E-state index in [4.69, 9.17) is 4.74 Å². The lowest BCUT2D eigenvalue weighted by molar-refractivity contribution is 0.414. The first-order chi connectivity index (χ1) is 9.78. The summed E-state index contributed by atoms with van der Waals surface area (Å²) in [5.41, 5.74) is 2.85. The van der Waals surface area contributed by atoms with Crippen LogP contribution in [0.1, 0.15) is 30.9 Å². The maximum Gasteiger partial charge on any atom is 0.118 e. The summed E-state index contributed by atoms with van der Waals surface area (Å²) in [6, 6.07) is 19.2. The van der Waals surface area contributed by atoms with Gasteiger partial charge in [0.2, 0.25) is 0 Å². The van der Waals surface area contributed by atoms with Crippen LogP contribution >= 0.6 is 0 Å². The number of methoxy groups -OCH3 is 1. The summed E-state index contributed by atoms with van der Waals surface area (Å²) in [6.45, 7) is 2.35. The fourth-order valence-corrected chi connectivity index (χ4v) is 2.41. The van der Waals surface area contributed by atoms with Gasteiger partial charge in [0.1, 0.15) is 5.75 Å². The van der Waals surface area contributed by atoms with Gasteiger partial charge in [0.15, 0.2) is 0 Å². The summed E-state index contributed by atoms with van der Waals surface area (Å²) in [5, 5.41) is 0. The molecule has 0 saturated carbocycles. The maximum atomic E-state index is 5.18. The lowest BCUT2D eigenvalue weighted by atomic mass is 9.95. The van der Waals surface area contributed by atoms with Gasteiger partial charge in [-0.1, -0.05) is 49.4 Å². The summed E-state index contributed by atoms with van der Waals surface area (Å²) >= 11 is 0. The van der Waals surface area contributed by atoms with E-state index in [1.807, 2.05) is 12.1 Å². The third-order valence-corrected chi connectivity index (χ3v) is 3.85. The van der Waals surface area contributed by atoms with Crippen molar-refractivity contribution in [1.82, 2.24) is 0 Å². The van der Waals surface area contributed by atoms with Crippen molar-refractivity contribution in [2.45, 2.75) is 32.6 Å². The molecule has 0 radical (unpaired) electrons. The van der Waals surface area contributed by atoms with E-state index < -0.39 is 0 Å². The molecule has 0 aromatic heterocycles. The van der Waals surface area contributed by atoms with Crippen LogP contribution < -0.4 is 4.74 Å². The lowest BCUT2D eigenvalue weighted by Crippen LogP contribution is -2.00. The van der Waals surface area contributed by atoms with Gasteiger partial charge < -0.3 is 4.74 Å². The third kappa shape index (κ3) is 4.73. The van der Waals surface area contributed by atoms with Crippen molar-refractivity contribution in [2.75, 3.05) is 7.11 Å². The first kappa shape index (κ1) is 14.6. The summed E-state index contributed by atoms with van der Waals surface area (Å²) in [4.78, 5) is 0. The molecule has 0 spiro atoms. The minimum atomic E-state index is 0.761. The summed E-state index contributed by atoms with van der Waals surface area (Å²) < 4.78 is 5.18. The Hall–Kier alpha value is -1.76. The van der Waals surface area contributed by atoms with Crippen molar-refractivity contribution in [3.05, 3.63) is 65.7 Å². The van der Waals surface area contributed by atoms with E-state index in [9.17, 15) is 0 Å². The number of hydrogen-bond donors (Lipinski definition) is 0. The SMILES string of the molecule is COc1ccc(CC[C@H](C)CCc2ccccc2)cc1. The van der Waals surface area contributed by atoms with Gasteiger partial charge >= 0.3 is 0 Å². The highest BCUT2D eigenvalue weighted by Crippen LogP contribution is 2.17. The van der Waals surface area contributed by atoms with Crippen LogP contribution in [0.25, 0.3) is 0 Å². The third-order valence-electron chi connectivity index (χ3n) is 3.85. The number of benzene rings is 2. The predicted octanol–water partition coefficient (Wildman–Crippen LogP) is 4.90. The number of ether oxygens (including phenoxy) is 1. The second-order valence-corrected chi connectivity index (χ2v) is 5.52. The summed E-state index contributed by atoms with van der Waals surface area (Å²) in [7, 11) is 1.71. The summed E-state index contributed by atoms with van der Waals surface area (Å²) in [6.07, 6.45) is 4.85. The van der Waals surface area contributed by atoms with Gasteiger partial charge in [-0.15, -0.1) is 0 Å². The molecule has 0 heterocycles. The molecular formula is C19H24O. The minimum absolute atomic E-state index is 0.761. The molecule has 0 N–H and O–H groups in total. The largest absolute Gasteiger partial charge is 0.497 e. The Kier molecular flexibility index (Phi) is 5.67. The molecule has 0 bridgehead atoms. The van der Waals surface area contributed by atoms with E-state index in [0.29, 0.717) is 0 Å². The Morgan fingerprint density at radius 3 is 1.90 bits per heavy atom. The molecule has 0 fully saturated rings. The second-order valence-electron chi connectivity index (χ2n) is 5.52. The maximum absolute atomic E-state index is 5.18. The molecule has 0 aliphatic carbocycles. The zero-order chi connectivity index (χ0) is 14.2. The molecule has 0 aliphatic rings. The van der Waals surface area contributed by atoms with Crippen LogP contribution in [-0.4, -0.2) is 7.11 Å². The lowest BCUT2D eigenvalue weighted by Gasteiger charge is -2.11. The topological polar surface area (TPSA) is 9.23 Å². The normalized spacial score (nSPS) is 12.1. The molecule has 106 valence electrons. The van der Waals surface area contributed by atoms with Gasteiger partial charge in [-0.05, 0) is 54.9 Å². The Balaban J connectivity index is 1.73. The van der Waals surface area contributed by atoms with Crippen LogP contribution in [-0.2, 0) is 12.8 Å². The van der Waals surface area contributed by atoms with Crippen LogP contribution in [0.3, 0.4) is 0 Å². The van der Waals surface area contributed by atoms with Crippen molar-refractivity contribution >= 4 is 0 Å². The molecule has 0 unspecified atom stereocenters. The average Bonchev–Trinajstić information content (AvgIpc) is 2.52. The van der Waals surface area contributed by atoms with Gasteiger partial charge in [-0.2, -0.15) is 0 Å². The number of rotatable bonds is 7. The van der Waals surface area contributed by atoms with Gasteiger partial charge in [0.25, 0.3) is 0 Å². The average molecular weight is 268 g/mol. The van der Waals surface area contributed by atoms with E-state index in [-0.39, 0.29) is 0 Å². The molecule has 20 heavy (non-hydrogen) atoms. The van der Waals surface area contributed by atoms with Gasteiger partial charge in [-0.3, -0.25) is 0 Å². The molecule has 0 aliphatic heterocycles. The van der Waals surface area contributed by atoms with Crippen molar-refractivity contribution in [1.29, 1.82) is 0 Å². The van der Waals surface area contributed by atoms with Crippen LogP contribution in [0.5, 0.6) is 5.75 Å². The molecule has 1 nitrogen and oxygen atoms in total. The molecular weight excluding hydrogens is 244 g/mol. The number of hydrogen-bond acceptors (Lipinski definition) is 1. The smallest absolute Gasteiger partial charge is 0.118 e. The second kappa shape index (κ2) is 7.74. The fraction of sp³-hybridized carbons (Fsp3) is 0.368.